The van der Waals surface area contributed by atoms with E-state index in [0.29, 0.717) is 26.4 Å². The van der Waals surface area contributed by atoms with Crippen LogP contribution in [0.4, 0.5) is 0 Å². The molecular formula is C64H68O4. The SMILES string of the molecule is Cc1cc2cc(C)c1OCC#CC#CCOc1c(C)cc(cc1C)C13CC4CC(C1)CC(C4)(C3)c1cc(C)c(c(C)c1)OCC#CC#CCOc1c(C)cc(cc1C)C13CC4CC(CC2(C4)C1)C3. The first-order chi connectivity index (χ1) is 32.7. The van der Waals surface area contributed by atoms with Gasteiger partial charge in [0, 0.05) is 0 Å². The Morgan fingerprint density at radius 3 is 0.706 bits per heavy atom. The first-order valence-corrected chi connectivity index (χ1v) is 25.6. The van der Waals surface area contributed by atoms with Crippen LogP contribution in [0.15, 0.2) is 48.5 Å². The standard InChI is InChI=1S/C64H68O4/c1-41-21-53-22-42(2)57(41)65-17-13-9-10-14-18-66-59-45(5)25-55(26-46(59)6)63-35-51-30-52(36-63)38-64(37-51,40-63)56-27-47(7)60(48(8)28-56)68-20-16-12-11-15-19-67-58-43(3)23-54(24-44(58)4)62-33-49-29-50(34-62)32-61(53,31-49)39-62/h21-28,49-52H,17-20,29-40H2,1-8H3. The number of hydrogen-bond donors (Lipinski definition) is 0. The molecule has 68 heavy (non-hydrogen) atoms. The van der Waals surface area contributed by atoms with Gasteiger partial charge in [0.2, 0.25) is 0 Å². The average Bonchev–Trinajstić information content (AvgIpc) is 3.27. The minimum Gasteiger partial charge on any atom is -0.480 e. The van der Waals surface area contributed by atoms with Crippen LogP contribution >= 0.6 is 0 Å². The normalized spacial score (nSPS) is 30.7. The fraction of sp³-hybridized carbons (Fsp3) is 0.500. The summed E-state index contributed by atoms with van der Waals surface area (Å²) < 4.78 is 25.5. The second-order valence-corrected chi connectivity index (χ2v) is 23.2. The van der Waals surface area contributed by atoms with Crippen LogP contribution in [0.5, 0.6) is 23.0 Å². The van der Waals surface area contributed by atoms with Crippen LogP contribution in [-0.4, -0.2) is 26.4 Å². The van der Waals surface area contributed by atoms with E-state index < -0.39 is 0 Å². The second-order valence-electron chi connectivity index (χ2n) is 23.2. The van der Waals surface area contributed by atoms with Gasteiger partial charge < -0.3 is 18.9 Å². The zero-order valence-electron chi connectivity index (χ0n) is 41.9. The molecule has 0 atom stereocenters. The zero-order valence-corrected chi connectivity index (χ0v) is 41.9. The van der Waals surface area contributed by atoms with Crippen molar-refractivity contribution in [1.82, 2.24) is 0 Å². The van der Waals surface area contributed by atoms with E-state index in [1.165, 1.54) is 144 Å². The molecule has 22 rings (SSSR count). The van der Waals surface area contributed by atoms with Gasteiger partial charge in [-0.25, -0.2) is 0 Å². The molecule has 18 aliphatic rings. The third-order valence-electron chi connectivity index (χ3n) is 18.0. The van der Waals surface area contributed by atoms with Crippen molar-refractivity contribution in [2.75, 3.05) is 26.4 Å². The minimum atomic E-state index is 0.182. The molecule has 0 unspecified atom stereocenters. The first kappa shape index (κ1) is 44.8. The van der Waals surface area contributed by atoms with Gasteiger partial charge in [-0.2, -0.15) is 0 Å². The van der Waals surface area contributed by atoms with E-state index in [-0.39, 0.29) is 21.7 Å². The topological polar surface area (TPSA) is 36.9 Å². The minimum absolute atomic E-state index is 0.182. The maximum absolute atomic E-state index is 6.37. The monoisotopic (exact) mass is 901 g/mol. The summed E-state index contributed by atoms with van der Waals surface area (Å²) in [5.41, 5.74) is 16.3. The Morgan fingerprint density at radius 1 is 0.324 bits per heavy atom. The molecule has 8 saturated carbocycles. The molecule has 8 aliphatic carbocycles. The summed E-state index contributed by atoms with van der Waals surface area (Å²) in [4.78, 5) is 0. The maximum Gasteiger partial charge on any atom is 0.150 e. The molecule has 4 aromatic rings. The highest BCUT2D eigenvalue weighted by atomic mass is 16.5. The number of benzene rings is 4. The number of aryl methyl sites for hydroxylation is 8. The highest BCUT2D eigenvalue weighted by Crippen LogP contribution is 2.68. The molecule has 8 fully saturated rings. The highest BCUT2D eigenvalue weighted by Gasteiger charge is 2.60. The van der Waals surface area contributed by atoms with E-state index in [0.717, 1.165) is 46.7 Å². The van der Waals surface area contributed by atoms with Gasteiger partial charge in [-0.1, -0.05) is 48.5 Å². The molecule has 348 valence electrons. The number of rotatable bonds is 0. The van der Waals surface area contributed by atoms with Gasteiger partial charge in [-0.05, 0) is 292 Å². The Bertz CT molecular complexity index is 2470. The highest BCUT2D eigenvalue weighted by molar-refractivity contribution is 5.53. The zero-order chi connectivity index (χ0) is 47.0. The predicted octanol–water partition coefficient (Wildman–Crippen LogP) is 13.0. The third-order valence-corrected chi connectivity index (χ3v) is 18.0. The first-order valence-electron chi connectivity index (χ1n) is 25.6. The van der Waals surface area contributed by atoms with Crippen LogP contribution in [0.3, 0.4) is 0 Å². The van der Waals surface area contributed by atoms with Gasteiger partial charge in [0.05, 0.1) is 0 Å². The van der Waals surface area contributed by atoms with Crippen molar-refractivity contribution in [2.45, 2.75) is 154 Å². The lowest BCUT2D eigenvalue weighted by Gasteiger charge is -2.63. The second kappa shape index (κ2) is 17.1. The summed E-state index contributed by atoms with van der Waals surface area (Å²) in [5.74, 6) is 31.5. The number of hydrogen-bond acceptors (Lipinski definition) is 4. The summed E-state index contributed by atoms with van der Waals surface area (Å²) in [6.07, 6.45) is 15.4. The molecule has 4 spiro atoms. The van der Waals surface area contributed by atoms with Gasteiger partial charge in [0.25, 0.3) is 0 Å². The average molecular weight is 901 g/mol. The molecule has 0 saturated heterocycles. The Hall–Kier alpha value is -5.68. The molecule has 4 heteroatoms. The molecule has 4 aromatic carbocycles. The van der Waals surface area contributed by atoms with Crippen LogP contribution in [0.1, 0.15) is 144 Å². The van der Waals surface area contributed by atoms with Gasteiger partial charge in [0.15, 0.2) is 0 Å². The molecule has 0 amide bonds. The van der Waals surface area contributed by atoms with Crippen LogP contribution in [0, 0.1) is 126 Å². The van der Waals surface area contributed by atoms with E-state index in [2.05, 4.69) is 151 Å². The Morgan fingerprint density at radius 2 is 0.515 bits per heavy atom. The lowest BCUT2D eigenvalue weighted by Crippen LogP contribution is -2.56. The van der Waals surface area contributed by atoms with Crippen LogP contribution in [0.2, 0.25) is 0 Å². The molecule has 0 aromatic heterocycles. The molecule has 16 bridgehead atoms. The maximum atomic E-state index is 6.37. The summed E-state index contributed by atoms with van der Waals surface area (Å²) in [7, 11) is 0. The van der Waals surface area contributed by atoms with E-state index in [4.69, 9.17) is 18.9 Å². The Labute approximate surface area is 407 Å². The smallest absolute Gasteiger partial charge is 0.150 e. The van der Waals surface area contributed by atoms with E-state index >= 15 is 0 Å². The summed E-state index contributed by atoms with van der Waals surface area (Å²) >= 11 is 0. The van der Waals surface area contributed by atoms with Crippen LogP contribution in [-0.2, 0) is 21.7 Å². The fourth-order valence-electron chi connectivity index (χ4n) is 16.6. The van der Waals surface area contributed by atoms with E-state index in [1.807, 2.05) is 0 Å². The Balaban J connectivity index is 0.883. The van der Waals surface area contributed by atoms with Gasteiger partial charge in [-0.15, -0.1) is 0 Å². The lowest BCUT2D eigenvalue weighted by molar-refractivity contribution is -0.0284. The summed E-state index contributed by atoms with van der Waals surface area (Å²) in [5, 5.41) is 0. The van der Waals surface area contributed by atoms with Crippen LogP contribution < -0.4 is 18.9 Å². The van der Waals surface area contributed by atoms with Gasteiger partial charge >= 0.3 is 0 Å². The van der Waals surface area contributed by atoms with Gasteiger partial charge in [0.1, 0.15) is 49.4 Å². The molecule has 0 N–H and O–H groups in total. The van der Waals surface area contributed by atoms with Crippen molar-refractivity contribution in [2.24, 2.45) is 23.7 Å². The molecule has 0 radical (unpaired) electrons. The van der Waals surface area contributed by atoms with Crippen molar-refractivity contribution < 1.29 is 18.9 Å². The molecule has 4 nitrogen and oxygen atoms in total. The predicted molar refractivity (Wildman–Crippen MR) is 273 cm³/mol. The summed E-state index contributed by atoms with van der Waals surface area (Å²) in [6.45, 7) is 18.9. The van der Waals surface area contributed by atoms with Crippen molar-refractivity contribution in [3.8, 4) is 70.4 Å². The quantitative estimate of drug-likeness (QED) is 0.165. The van der Waals surface area contributed by atoms with Crippen molar-refractivity contribution >= 4 is 0 Å². The van der Waals surface area contributed by atoms with E-state index in [9.17, 15) is 0 Å². The third kappa shape index (κ3) is 7.86. The molecular weight excluding hydrogens is 833 g/mol. The van der Waals surface area contributed by atoms with Gasteiger partial charge in [-0.3, -0.25) is 0 Å². The number of ether oxygens (including phenoxy) is 4. The lowest BCUT2D eigenvalue weighted by atomic mass is 9.41. The van der Waals surface area contributed by atoms with Crippen molar-refractivity contribution in [1.29, 1.82) is 0 Å². The van der Waals surface area contributed by atoms with Crippen LogP contribution in [0.25, 0.3) is 0 Å². The fourth-order valence-corrected chi connectivity index (χ4v) is 16.6. The van der Waals surface area contributed by atoms with Crippen molar-refractivity contribution in [3.63, 3.8) is 0 Å². The molecule has 10 heterocycles. The van der Waals surface area contributed by atoms with Crippen molar-refractivity contribution in [3.05, 3.63) is 115 Å². The largest absolute Gasteiger partial charge is 0.480 e. The summed E-state index contributed by atoms with van der Waals surface area (Å²) in [6, 6.07) is 19.5. The molecule has 10 aliphatic heterocycles. The Kier molecular flexibility index (Phi) is 11.2. The van der Waals surface area contributed by atoms with E-state index in [1.54, 1.807) is 0 Å².